The van der Waals surface area contributed by atoms with Crippen LogP contribution in [0.4, 0.5) is 14.9 Å². The summed E-state index contributed by atoms with van der Waals surface area (Å²) in [7, 11) is 0. The molecule has 0 radical (unpaired) electrons. The molecule has 3 atom stereocenters. The van der Waals surface area contributed by atoms with E-state index in [1.807, 2.05) is 0 Å². The molecule has 2 aliphatic rings. The summed E-state index contributed by atoms with van der Waals surface area (Å²) >= 11 is 1.46. The van der Waals surface area contributed by atoms with Gasteiger partial charge in [-0.25, -0.2) is 14.0 Å². The molecule has 8 heteroatoms. The maximum atomic E-state index is 14.4. The van der Waals surface area contributed by atoms with E-state index >= 15 is 0 Å². The van der Waals surface area contributed by atoms with Gasteiger partial charge in [-0.3, -0.25) is 4.90 Å². The van der Waals surface area contributed by atoms with Crippen LogP contribution < -0.4 is 4.90 Å². The van der Waals surface area contributed by atoms with Gasteiger partial charge in [0.25, 0.3) is 0 Å². The van der Waals surface area contributed by atoms with E-state index in [2.05, 4.69) is 0 Å². The number of thioether (sulfide) groups is 1. The number of halogens is 1. The van der Waals surface area contributed by atoms with Gasteiger partial charge in [0.15, 0.2) is 0 Å². The topological polar surface area (TPSA) is 87.1 Å². The molecule has 23 heavy (non-hydrogen) atoms. The van der Waals surface area contributed by atoms with Gasteiger partial charge >= 0.3 is 12.1 Å². The maximum Gasteiger partial charge on any atom is 0.415 e. The van der Waals surface area contributed by atoms with Gasteiger partial charge in [-0.1, -0.05) is 6.07 Å². The average molecular weight is 341 g/mol. The summed E-state index contributed by atoms with van der Waals surface area (Å²) in [5.41, 5.74) is 0.291. The molecular weight excluding hydrogens is 325 g/mol. The number of carbonyl (C=O) groups is 2. The van der Waals surface area contributed by atoms with Crippen molar-refractivity contribution >= 4 is 29.5 Å². The summed E-state index contributed by atoms with van der Waals surface area (Å²) in [5, 5.41) is 18.6. The van der Waals surface area contributed by atoms with Crippen molar-refractivity contribution in [1.82, 2.24) is 0 Å². The van der Waals surface area contributed by atoms with Crippen LogP contribution in [0.2, 0.25) is 0 Å². The molecule has 2 saturated heterocycles. The first-order valence-electron chi connectivity index (χ1n) is 7.26. The zero-order chi connectivity index (χ0) is 16.6. The monoisotopic (exact) mass is 341 g/mol. The van der Waals surface area contributed by atoms with Crippen molar-refractivity contribution < 1.29 is 28.9 Å². The van der Waals surface area contributed by atoms with Crippen molar-refractivity contribution in [3.8, 4) is 0 Å². The summed E-state index contributed by atoms with van der Waals surface area (Å²) < 4.78 is 19.1. The minimum Gasteiger partial charge on any atom is -0.478 e. The number of aliphatic hydroxyl groups is 1. The number of aliphatic carboxylic acids is 1. The Balaban J connectivity index is 1.79. The number of rotatable bonds is 3. The first-order chi connectivity index (χ1) is 11.0. The molecule has 0 bridgehead atoms. The fraction of sp³-hybridized carbons (Fsp3) is 0.467. The standard InChI is InChI=1S/C15H16FNO5S/c16-11-6-9(17-7-12(14(19)20)22-15(17)21)1-2-10(11)8-3-4-23-13(18)5-8/h1-2,6,8,12-13,18H,3-5,7H2,(H,19,20)/t8-,12-,13-/m1/s1. The molecule has 2 aliphatic heterocycles. The SMILES string of the molecule is O=C(O)[C@H]1CN(c2ccc([C@@H]3CCS[C@@H](O)C3)c(F)c2)C(=O)O1. The van der Waals surface area contributed by atoms with Crippen LogP contribution in [-0.2, 0) is 9.53 Å². The zero-order valence-electron chi connectivity index (χ0n) is 12.1. The number of amides is 1. The Morgan fingerprint density at radius 2 is 2.22 bits per heavy atom. The van der Waals surface area contributed by atoms with Gasteiger partial charge in [0.2, 0.25) is 6.10 Å². The number of anilines is 1. The number of benzene rings is 1. The lowest BCUT2D eigenvalue weighted by Gasteiger charge is -2.26. The third kappa shape index (κ3) is 3.28. The number of carbonyl (C=O) groups excluding carboxylic acids is 1. The molecule has 0 aromatic heterocycles. The first kappa shape index (κ1) is 16.1. The third-order valence-corrected chi connectivity index (χ3v) is 5.13. The third-order valence-electron chi connectivity index (χ3n) is 4.09. The fourth-order valence-electron chi connectivity index (χ4n) is 2.88. The number of hydrogen-bond donors (Lipinski definition) is 2. The van der Waals surface area contributed by atoms with Crippen LogP contribution in [0.3, 0.4) is 0 Å². The Hall–Kier alpha value is -1.80. The van der Waals surface area contributed by atoms with Crippen molar-refractivity contribution in [2.24, 2.45) is 0 Å². The van der Waals surface area contributed by atoms with Gasteiger partial charge in [0.1, 0.15) is 5.82 Å². The predicted octanol–water partition coefficient (Wildman–Crippen LogP) is 2.16. The summed E-state index contributed by atoms with van der Waals surface area (Å²) in [6, 6.07) is 4.40. The predicted molar refractivity (Wildman–Crippen MR) is 82.1 cm³/mol. The van der Waals surface area contributed by atoms with Crippen LogP contribution >= 0.6 is 11.8 Å². The minimum atomic E-state index is -1.24. The Morgan fingerprint density at radius 3 is 2.83 bits per heavy atom. The number of hydrogen-bond acceptors (Lipinski definition) is 5. The molecule has 1 aromatic carbocycles. The quantitative estimate of drug-likeness (QED) is 0.876. The van der Waals surface area contributed by atoms with Gasteiger partial charge in [0, 0.05) is 0 Å². The molecule has 2 heterocycles. The highest BCUT2D eigenvalue weighted by molar-refractivity contribution is 7.99. The largest absolute Gasteiger partial charge is 0.478 e. The van der Waals surface area contributed by atoms with Crippen LogP contribution in [0.15, 0.2) is 18.2 Å². The van der Waals surface area contributed by atoms with Gasteiger partial charge < -0.3 is 14.9 Å². The number of nitrogens with zero attached hydrogens (tertiary/aromatic N) is 1. The smallest absolute Gasteiger partial charge is 0.415 e. The summed E-state index contributed by atoms with van der Waals surface area (Å²) in [4.78, 5) is 23.7. The molecule has 2 N–H and O–H groups in total. The van der Waals surface area contributed by atoms with Crippen molar-refractivity contribution in [1.29, 1.82) is 0 Å². The van der Waals surface area contributed by atoms with E-state index in [4.69, 9.17) is 9.84 Å². The average Bonchev–Trinajstić information content (AvgIpc) is 2.89. The normalized spacial score (nSPS) is 27.8. The molecule has 6 nitrogen and oxygen atoms in total. The molecule has 0 aliphatic carbocycles. The molecule has 2 fully saturated rings. The Morgan fingerprint density at radius 1 is 1.43 bits per heavy atom. The number of ether oxygens (including phenoxy) is 1. The maximum absolute atomic E-state index is 14.4. The van der Waals surface area contributed by atoms with Crippen LogP contribution in [0.25, 0.3) is 0 Å². The zero-order valence-corrected chi connectivity index (χ0v) is 13.0. The second-order valence-electron chi connectivity index (χ2n) is 5.57. The van der Waals surface area contributed by atoms with Gasteiger partial charge in [-0.15, -0.1) is 11.8 Å². The highest BCUT2D eigenvalue weighted by atomic mass is 32.2. The molecule has 0 spiro atoms. The highest BCUT2D eigenvalue weighted by Gasteiger charge is 2.37. The molecule has 3 rings (SSSR count). The van der Waals surface area contributed by atoms with E-state index in [0.717, 1.165) is 17.1 Å². The molecule has 0 unspecified atom stereocenters. The van der Waals surface area contributed by atoms with E-state index in [0.29, 0.717) is 12.0 Å². The Bertz CT molecular complexity index is 640. The van der Waals surface area contributed by atoms with Gasteiger partial charge in [-0.2, -0.15) is 0 Å². The minimum absolute atomic E-state index is 0.0578. The summed E-state index contributed by atoms with van der Waals surface area (Å²) in [6.45, 7) is -0.147. The molecular formula is C15H16FNO5S. The van der Waals surface area contributed by atoms with Crippen LogP contribution in [0, 0.1) is 5.82 Å². The molecule has 124 valence electrons. The number of carboxylic acids is 1. The van der Waals surface area contributed by atoms with Crippen molar-refractivity contribution in [3.63, 3.8) is 0 Å². The van der Waals surface area contributed by atoms with E-state index < -0.39 is 29.4 Å². The second-order valence-corrected chi connectivity index (χ2v) is 6.86. The lowest BCUT2D eigenvalue weighted by Crippen LogP contribution is -2.27. The fourth-order valence-corrected chi connectivity index (χ4v) is 3.94. The lowest BCUT2D eigenvalue weighted by molar-refractivity contribution is -0.144. The van der Waals surface area contributed by atoms with Gasteiger partial charge in [-0.05, 0) is 42.2 Å². The van der Waals surface area contributed by atoms with Gasteiger partial charge in [0.05, 0.1) is 17.7 Å². The van der Waals surface area contributed by atoms with E-state index in [-0.39, 0.29) is 18.2 Å². The van der Waals surface area contributed by atoms with E-state index in [1.165, 1.54) is 17.8 Å². The molecule has 0 saturated carbocycles. The van der Waals surface area contributed by atoms with Crippen molar-refractivity contribution in [2.75, 3.05) is 17.2 Å². The van der Waals surface area contributed by atoms with Crippen molar-refractivity contribution in [3.05, 3.63) is 29.6 Å². The Kier molecular flexibility index (Phi) is 4.45. The van der Waals surface area contributed by atoms with Crippen LogP contribution in [0.5, 0.6) is 0 Å². The van der Waals surface area contributed by atoms with E-state index in [1.54, 1.807) is 12.1 Å². The number of carboxylic acid groups (broad SMARTS) is 1. The summed E-state index contributed by atoms with van der Waals surface area (Å²) in [6.07, 6.45) is -0.761. The first-order valence-corrected chi connectivity index (χ1v) is 8.30. The highest BCUT2D eigenvalue weighted by Crippen LogP contribution is 2.37. The molecule has 1 aromatic rings. The second kappa shape index (κ2) is 6.37. The lowest BCUT2D eigenvalue weighted by atomic mass is 9.92. The Labute approximate surface area is 136 Å². The van der Waals surface area contributed by atoms with E-state index in [9.17, 15) is 19.1 Å². The molecule has 1 amide bonds. The number of aliphatic hydroxyl groups excluding tert-OH is 1. The van der Waals surface area contributed by atoms with Crippen LogP contribution in [-0.4, -0.2) is 46.1 Å². The summed E-state index contributed by atoms with van der Waals surface area (Å²) in [5.74, 6) is -0.978. The number of cyclic esters (lactones) is 1. The van der Waals surface area contributed by atoms with Crippen LogP contribution in [0.1, 0.15) is 24.3 Å². The van der Waals surface area contributed by atoms with Crippen molar-refractivity contribution in [2.45, 2.75) is 30.3 Å².